The van der Waals surface area contributed by atoms with E-state index in [1.54, 1.807) is 4.68 Å². The van der Waals surface area contributed by atoms with Crippen molar-refractivity contribution in [3.05, 3.63) is 23.8 Å². The Bertz CT molecular complexity index is 543. The molecule has 0 bridgehead atoms. The monoisotopic (exact) mass is 232 g/mol. The fraction of sp³-hybridized carbons (Fsp3) is 0.364. The largest absolute Gasteiger partial charge is 0.393 e. The van der Waals surface area contributed by atoms with Crippen LogP contribution in [0.15, 0.2) is 12.4 Å². The van der Waals surface area contributed by atoms with E-state index in [1.165, 1.54) is 6.33 Å². The van der Waals surface area contributed by atoms with Gasteiger partial charge in [0.25, 0.3) is 0 Å². The fourth-order valence-electron chi connectivity index (χ4n) is 1.75. The predicted molar refractivity (Wildman–Crippen MR) is 67.4 cm³/mol. The normalized spacial score (nSPS) is 10.6. The van der Waals surface area contributed by atoms with Gasteiger partial charge in [0.05, 0.1) is 5.69 Å². The molecule has 6 nitrogen and oxygen atoms in total. The molecule has 0 aliphatic rings. The second-order valence-electron chi connectivity index (χ2n) is 4.17. The van der Waals surface area contributed by atoms with Crippen molar-refractivity contribution < 1.29 is 0 Å². The van der Waals surface area contributed by atoms with E-state index in [0.29, 0.717) is 17.3 Å². The molecule has 90 valence electrons. The van der Waals surface area contributed by atoms with E-state index in [1.807, 2.05) is 38.9 Å². The average molecular weight is 232 g/mol. The molecule has 2 rings (SSSR count). The number of nitrogens with zero attached hydrogens (tertiary/aromatic N) is 5. The van der Waals surface area contributed by atoms with Gasteiger partial charge in [-0.15, -0.1) is 0 Å². The van der Waals surface area contributed by atoms with Crippen LogP contribution in [0.2, 0.25) is 0 Å². The average Bonchev–Trinajstić information content (AvgIpc) is 2.57. The number of hydrogen-bond acceptors (Lipinski definition) is 5. The van der Waals surface area contributed by atoms with E-state index in [4.69, 9.17) is 5.73 Å². The van der Waals surface area contributed by atoms with E-state index in [0.717, 1.165) is 11.4 Å². The summed E-state index contributed by atoms with van der Waals surface area (Å²) < 4.78 is 1.74. The molecule has 0 saturated carbocycles. The Morgan fingerprint density at radius 2 is 1.94 bits per heavy atom. The quantitative estimate of drug-likeness (QED) is 0.833. The van der Waals surface area contributed by atoms with Crippen LogP contribution in [-0.4, -0.2) is 33.8 Å². The lowest BCUT2D eigenvalue weighted by atomic mass is 10.4. The van der Waals surface area contributed by atoms with Gasteiger partial charge in [-0.1, -0.05) is 0 Å². The van der Waals surface area contributed by atoms with Crippen molar-refractivity contribution >= 4 is 11.5 Å². The Morgan fingerprint density at radius 3 is 2.47 bits per heavy atom. The molecule has 0 amide bonds. The van der Waals surface area contributed by atoms with Gasteiger partial charge in [-0.25, -0.2) is 14.6 Å². The van der Waals surface area contributed by atoms with E-state index in [9.17, 15) is 0 Å². The third-order valence-corrected chi connectivity index (χ3v) is 2.48. The van der Waals surface area contributed by atoms with Crippen LogP contribution in [0.1, 0.15) is 11.4 Å². The van der Waals surface area contributed by atoms with Crippen molar-refractivity contribution in [1.29, 1.82) is 0 Å². The number of nitrogens with two attached hydrogens (primary N) is 1. The van der Waals surface area contributed by atoms with E-state index in [2.05, 4.69) is 15.1 Å². The van der Waals surface area contributed by atoms with Gasteiger partial charge in [0.2, 0.25) is 0 Å². The van der Waals surface area contributed by atoms with Crippen molar-refractivity contribution in [1.82, 2.24) is 19.7 Å². The van der Waals surface area contributed by atoms with Gasteiger partial charge in [0.1, 0.15) is 12.0 Å². The summed E-state index contributed by atoms with van der Waals surface area (Å²) in [7, 11) is 3.79. The third-order valence-electron chi connectivity index (χ3n) is 2.48. The van der Waals surface area contributed by atoms with Gasteiger partial charge in [-0.3, -0.25) is 0 Å². The van der Waals surface area contributed by atoms with Gasteiger partial charge in [0.15, 0.2) is 11.6 Å². The zero-order valence-electron chi connectivity index (χ0n) is 10.5. The number of hydrogen-bond donors (Lipinski definition) is 1. The van der Waals surface area contributed by atoms with Crippen molar-refractivity contribution in [3.8, 4) is 5.82 Å². The summed E-state index contributed by atoms with van der Waals surface area (Å²) in [4.78, 5) is 10.2. The molecule has 0 aromatic carbocycles. The molecule has 2 aromatic rings. The van der Waals surface area contributed by atoms with Crippen molar-refractivity contribution in [2.24, 2.45) is 0 Å². The zero-order chi connectivity index (χ0) is 12.6. The van der Waals surface area contributed by atoms with Crippen LogP contribution in [0, 0.1) is 13.8 Å². The second-order valence-corrected chi connectivity index (χ2v) is 4.17. The summed E-state index contributed by atoms with van der Waals surface area (Å²) in [5.41, 5.74) is 8.53. The van der Waals surface area contributed by atoms with Gasteiger partial charge < -0.3 is 10.6 Å². The van der Waals surface area contributed by atoms with E-state index in [-0.39, 0.29) is 0 Å². The number of nitrogen functional groups attached to an aromatic ring is 1. The molecule has 0 radical (unpaired) electrons. The molecular formula is C11H16N6. The molecule has 0 fully saturated rings. The SMILES string of the molecule is Cc1cc(C)n(-c2ncnc(N(C)C)c2N)n1. The number of anilines is 2. The molecule has 6 heteroatoms. The lowest BCUT2D eigenvalue weighted by molar-refractivity contribution is 0.802. The van der Waals surface area contributed by atoms with Gasteiger partial charge in [-0.2, -0.15) is 5.10 Å². The summed E-state index contributed by atoms with van der Waals surface area (Å²) in [6.07, 6.45) is 1.50. The highest BCUT2D eigenvalue weighted by Crippen LogP contribution is 2.24. The molecule has 0 aliphatic carbocycles. The molecule has 0 atom stereocenters. The highest BCUT2D eigenvalue weighted by atomic mass is 15.3. The number of aromatic nitrogens is 4. The van der Waals surface area contributed by atoms with Crippen LogP contribution in [-0.2, 0) is 0 Å². The fourth-order valence-corrected chi connectivity index (χ4v) is 1.75. The molecule has 0 aliphatic heterocycles. The smallest absolute Gasteiger partial charge is 0.182 e. The van der Waals surface area contributed by atoms with Crippen LogP contribution in [0.25, 0.3) is 5.82 Å². The topological polar surface area (TPSA) is 72.9 Å². The Balaban J connectivity index is 2.60. The summed E-state index contributed by atoms with van der Waals surface area (Å²) in [5.74, 6) is 1.32. The standard InChI is InChI=1S/C11H16N6/c1-7-5-8(2)17(15-7)11-9(12)10(16(3)4)13-6-14-11/h5-6H,12H2,1-4H3. The highest BCUT2D eigenvalue weighted by molar-refractivity contribution is 5.69. The first-order valence-corrected chi connectivity index (χ1v) is 5.32. The van der Waals surface area contributed by atoms with Crippen LogP contribution >= 0.6 is 0 Å². The first-order valence-electron chi connectivity index (χ1n) is 5.32. The van der Waals surface area contributed by atoms with Crippen LogP contribution < -0.4 is 10.6 Å². The minimum Gasteiger partial charge on any atom is -0.393 e. The highest BCUT2D eigenvalue weighted by Gasteiger charge is 2.13. The summed E-state index contributed by atoms with van der Waals surface area (Å²) in [5, 5.41) is 4.37. The number of aryl methyl sites for hydroxylation is 2. The Labute approximate surface area is 100 Å². The molecule has 2 N–H and O–H groups in total. The molecule has 17 heavy (non-hydrogen) atoms. The minimum atomic E-state index is 0.531. The molecule has 0 spiro atoms. The lowest BCUT2D eigenvalue weighted by Gasteiger charge is -2.15. The van der Waals surface area contributed by atoms with Gasteiger partial charge in [-0.05, 0) is 19.9 Å². The molecule has 2 aromatic heterocycles. The zero-order valence-corrected chi connectivity index (χ0v) is 10.5. The Hall–Kier alpha value is -2.11. The molecular weight excluding hydrogens is 216 g/mol. The summed E-state index contributed by atoms with van der Waals surface area (Å²) in [6, 6.07) is 1.98. The Morgan fingerprint density at radius 1 is 1.24 bits per heavy atom. The maximum absolute atomic E-state index is 6.07. The minimum absolute atomic E-state index is 0.531. The van der Waals surface area contributed by atoms with Crippen molar-refractivity contribution in [3.63, 3.8) is 0 Å². The van der Waals surface area contributed by atoms with Gasteiger partial charge >= 0.3 is 0 Å². The first kappa shape index (κ1) is 11.4. The maximum Gasteiger partial charge on any atom is 0.182 e. The maximum atomic E-state index is 6.07. The van der Waals surface area contributed by atoms with Crippen molar-refractivity contribution in [2.75, 3.05) is 24.7 Å². The van der Waals surface area contributed by atoms with E-state index >= 15 is 0 Å². The summed E-state index contributed by atoms with van der Waals surface area (Å²) in [6.45, 7) is 3.91. The molecule has 0 unspecified atom stereocenters. The molecule has 2 heterocycles. The second kappa shape index (κ2) is 4.04. The van der Waals surface area contributed by atoms with Crippen LogP contribution in [0.3, 0.4) is 0 Å². The number of rotatable bonds is 2. The predicted octanol–water partition coefficient (Wildman–Crippen LogP) is 0.927. The van der Waals surface area contributed by atoms with Crippen LogP contribution in [0.4, 0.5) is 11.5 Å². The Kier molecular flexibility index (Phi) is 2.71. The van der Waals surface area contributed by atoms with E-state index < -0.39 is 0 Å². The van der Waals surface area contributed by atoms with Crippen LogP contribution in [0.5, 0.6) is 0 Å². The van der Waals surface area contributed by atoms with Gasteiger partial charge in [0, 0.05) is 19.8 Å². The third kappa shape index (κ3) is 1.93. The lowest BCUT2D eigenvalue weighted by Crippen LogP contribution is -2.16. The summed E-state index contributed by atoms with van der Waals surface area (Å²) >= 11 is 0. The first-order chi connectivity index (χ1) is 8.00. The molecule has 0 saturated heterocycles. The van der Waals surface area contributed by atoms with Crippen molar-refractivity contribution in [2.45, 2.75) is 13.8 Å².